The predicted molar refractivity (Wildman–Crippen MR) is 88.0 cm³/mol. The predicted octanol–water partition coefficient (Wildman–Crippen LogP) is 2.25. The van der Waals surface area contributed by atoms with E-state index in [4.69, 9.17) is 14.2 Å². The molecule has 1 atom stereocenters. The molecule has 2 aromatic carbocycles. The molecule has 7 nitrogen and oxygen atoms in total. The zero-order chi connectivity index (χ0) is 18.1. The molecule has 0 spiro atoms. The number of carbonyl (C=O) groups excluding carboxylic acids is 1. The van der Waals surface area contributed by atoms with Crippen LogP contribution in [0.25, 0.3) is 0 Å². The standard InChI is InChI=1S/C18H18O7/c1-23-12-4-3-9(6-11(12)19)5-10-8-25-13-7-14(24-2)17(21)18(22)15(13)16(10)20/h3-4,6-7,10,19,21-22H,5,8H2,1-2H3. The molecule has 1 heterocycles. The molecule has 0 bridgehead atoms. The van der Waals surface area contributed by atoms with Gasteiger partial charge in [-0.15, -0.1) is 0 Å². The normalized spacial score (nSPS) is 16.1. The topological polar surface area (TPSA) is 105 Å². The summed E-state index contributed by atoms with van der Waals surface area (Å²) in [6.07, 6.45) is 0.308. The molecule has 25 heavy (non-hydrogen) atoms. The maximum absolute atomic E-state index is 12.7. The number of Topliss-reactive ketones (excluding diaryl/α,β-unsaturated/α-hetero) is 1. The van der Waals surface area contributed by atoms with Crippen LogP contribution in [0.5, 0.6) is 34.5 Å². The number of aromatic hydroxyl groups is 3. The van der Waals surface area contributed by atoms with Crippen LogP contribution in [0, 0.1) is 5.92 Å². The number of benzene rings is 2. The first-order chi connectivity index (χ1) is 12.0. The third-order valence-electron chi connectivity index (χ3n) is 4.21. The van der Waals surface area contributed by atoms with Crippen LogP contribution in [-0.4, -0.2) is 41.9 Å². The van der Waals surface area contributed by atoms with Gasteiger partial charge in [-0.1, -0.05) is 6.07 Å². The molecular weight excluding hydrogens is 328 g/mol. The van der Waals surface area contributed by atoms with Crippen LogP contribution in [0.3, 0.4) is 0 Å². The minimum absolute atomic E-state index is 0.0187. The van der Waals surface area contributed by atoms with E-state index in [9.17, 15) is 20.1 Å². The molecule has 1 aliphatic rings. The molecule has 3 N–H and O–H groups in total. The molecule has 0 radical (unpaired) electrons. The van der Waals surface area contributed by atoms with Crippen molar-refractivity contribution in [3.8, 4) is 34.5 Å². The quantitative estimate of drug-likeness (QED) is 0.729. The number of ether oxygens (including phenoxy) is 3. The van der Waals surface area contributed by atoms with Crippen molar-refractivity contribution in [2.75, 3.05) is 20.8 Å². The summed E-state index contributed by atoms with van der Waals surface area (Å²) in [5, 5.41) is 29.9. The number of rotatable bonds is 4. The minimum Gasteiger partial charge on any atom is -0.504 e. The highest BCUT2D eigenvalue weighted by atomic mass is 16.5. The number of phenolic OH excluding ortho intramolecular Hbond substituents is 3. The van der Waals surface area contributed by atoms with E-state index in [1.165, 1.54) is 26.4 Å². The summed E-state index contributed by atoms with van der Waals surface area (Å²) in [4.78, 5) is 12.7. The van der Waals surface area contributed by atoms with E-state index in [-0.39, 0.29) is 35.2 Å². The summed E-state index contributed by atoms with van der Waals surface area (Å²) in [6, 6.07) is 6.25. The Hall–Kier alpha value is -3.09. The van der Waals surface area contributed by atoms with Gasteiger partial charge >= 0.3 is 0 Å². The summed E-state index contributed by atoms with van der Waals surface area (Å²) in [6.45, 7) is 0.117. The van der Waals surface area contributed by atoms with Crippen molar-refractivity contribution >= 4 is 5.78 Å². The van der Waals surface area contributed by atoms with E-state index in [0.717, 1.165) is 5.56 Å². The molecule has 1 aliphatic heterocycles. The highest BCUT2D eigenvalue weighted by Gasteiger charge is 2.34. The Morgan fingerprint density at radius 3 is 2.44 bits per heavy atom. The van der Waals surface area contributed by atoms with Crippen LogP contribution < -0.4 is 14.2 Å². The third-order valence-corrected chi connectivity index (χ3v) is 4.21. The van der Waals surface area contributed by atoms with E-state index in [2.05, 4.69) is 0 Å². The Balaban J connectivity index is 1.89. The van der Waals surface area contributed by atoms with Gasteiger partial charge < -0.3 is 29.5 Å². The van der Waals surface area contributed by atoms with Gasteiger partial charge in [-0.05, 0) is 24.1 Å². The minimum atomic E-state index is -0.556. The second kappa shape index (κ2) is 6.43. The summed E-state index contributed by atoms with van der Waals surface area (Å²) >= 11 is 0. The fraction of sp³-hybridized carbons (Fsp3) is 0.278. The van der Waals surface area contributed by atoms with Gasteiger partial charge in [0.1, 0.15) is 11.3 Å². The Labute approximate surface area is 144 Å². The zero-order valence-corrected chi connectivity index (χ0v) is 13.8. The van der Waals surface area contributed by atoms with E-state index < -0.39 is 17.4 Å². The van der Waals surface area contributed by atoms with Gasteiger partial charge in [0.2, 0.25) is 5.75 Å². The van der Waals surface area contributed by atoms with E-state index >= 15 is 0 Å². The van der Waals surface area contributed by atoms with Crippen molar-refractivity contribution in [3.63, 3.8) is 0 Å². The number of phenols is 3. The first-order valence-corrected chi connectivity index (χ1v) is 7.62. The lowest BCUT2D eigenvalue weighted by atomic mass is 9.89. The van der Waals surface area contributed by atoms with Gasteiger partial charge in [0.05, 0.1) is 26.7 Å². The van der Waals surface area contributed by atoms with Crippen molar-refractivity contribution in [1.29, 1.82) is 0 Å². The Morgan fingerprint density at radius 1 is 1.08 bits per heavy atom. The lowest BCUT2D eigenvalue weighted by molar-refractivity contribution is 0.0824. The summed E-state index contributed by atoms with van der Waals surface area (Å²) in [5.41, 5.74) is 0.660. The first-order valence-electron chi connectivity index (χ1n) is 7.62. The monoisotopic (exact) mass is 346 g/mol. The van der Waals surface area contributed by atoms with Crippen LogP contribution in [0.15, 0.2) is 24.3 Å². The second-order valence-electron chi connectivity index (χ2n) is 5.73. The highest BCUT2D eigenvalue weighted by molar-refractivity contribution is 6.05. The van der Waals surface area contributed by atoms with Crippen molar-refractivity contribution < 1.29 is 34.3 Å². The van der Waals surface area contributed by atoms with E-state index in [1.54, 1.807) is 12.1 Å². The number of methoxy groups -OCH3 is 2. The van der Waals surface area contributed by atoms with Gasteiger partial charge in [0.15, 0.2) is 28.8 Å². The molecule has 0 fully saturated rings. The van der Waals surface area contributed by atoms with Gasteiger partial charge in [-0.3, -0.25) is 4.79 Å². The Kier molecular flexibility index (Phi) is 4.31. The van der Waals surface area contributed by atoms with Gasteiger partial charge in [-0.2, -0.15) is 0 Å². The summed E-state index contributed by atoms with van der Waals surface area (Å²) < 4.78 is 15.5. The molecule has 2 aromatic rings. The second-order valence-corrected chi connectivity index (χ2v) is 5.73. The number of hydrogen-bond acceptors (Lipinski definition) is 7. The number of hydrogen-bond donors (Lipinski definition) is 3. The number of ketones is 1. The van der Waals surface area contributed by atoms with E-state index in [1.807, 2.05) is 0 Å². The molecule has 132 valence electrons. The molecule has 3 rings (SSSR count). The fourth-order valence-electron chi connectivity index (χ4n) is 2.89. The smallest absolute Gasteiger partial charge is 0.201 e. The average molecular weight is 346 g/mol. The molecule has 0 saturated heterocycles. The largest absolute Gasteiger partial charge is 0.504 e. The van der Waals surface area contributed by atoms with Gasteiger partial charge in [0.25, 0.3) is 0 Å². The van der Waals surface area contributed by atoms with Crippen molar-refractivity contribution in [2.24, 2.45) is 5.92 Å². The first kappa shape index (κ1) is 16.8. The Bertz CT molecular complexity index is 829. The number of fused-ring (bicyclic) bond motifs is 1. The molecule has 0 aliphatic carbocycles. The molecule has 1 unspecified atom stereocenters. The van der Waals surface area contributed by atoms with Crippen molar-refractivity contribution in [2.45, 2.75) is 6.42 Å². The molecule has 0 aromatic heterocycles. The number of carbonyl (C=O) groups is 1. The molecule has 0 amide bonds. The molecule has 0 saturated carbocycles. The van der Waals surface area contributed by atoms with Crippen LogP contribution in [0.4, 0.5) is 0 Å². The van der Waals surface area contributed by atoms with Crippen LogP contribution in [0.2, 0.25) is 0 Å². The third kappa shape index (κ3) is 2.88. The lowest BCUT2D eigenvalue weighted by Crippen LogP contribution is -2.29. The van der Waals surface area contributed by atoms with Crippen molar-refractivity contribution in [1.82, 2.24) is 0 Å². The van der Waals surface area contributed by atoms with E-state index in [0.29, 0.717) is 12.2 Å². The van der Waals surface area contributed by atoms with Crippen LogP contribution in [-0.2, 0) is 6.42 Å². The lowest BCUT2D eigenvalue weighted by Gasteiger charge is -2.25. The summed E-state index contributed by atoms with van der Waals surface area (Å²) in [7, 11) is 2.79. The van der Waals surface area contributed by atoms with Crippen LogP contribution >= 0.6 is 0 Å². The average Bonchev–Trinajstić information content (AvgIpc) is 2.60. The molecular formula is C18H18O7. The maximum atomic E-state index is 12.7. The Morgan fingerprint density at radius 2 is 1.80 bits per heavy atom. The van der Waals surface area contributed by atoms with Gasteiger partial charge in [0, 0.05) is 6.07 Å². The van der Waals surface area contributed by atoms with Gasteiger partial charge in [-0.25, -0.2) is 0 Å². The SMILES string of the molecule is COc1ccc(CC2COc3cc(OC)c(O)c(O)c3C2=O)cc1O. The zero-order valence-electron chi connectivity index (χ0n) is 13.8. The maximum Gasteiger partial charge on any atom is 0.201 e. The summed E-state index contributed by atoms with van der Waals surface area (Å²) in [5.74, 6) is -1.42. The van der Waals surface area contributed by atoms with Crippen LogP contribution in [0.1, 0.15) is 15.9 Å². The molecule has 7 heteroatoms. The van der Waals surface area contributed by atoms with Crippen molar-refractivity contribution in [3.05, 3.63) is 35.4 Å². The highest BCUT2D eigenvalue weighted by Crippen LogP contribution is 2.46. The fourth-order valence-corrected chi connectivity index (χ4v) is 2.89.